The number of piperidine rings is 1. The predicted molar refractivity (Wildman–Crippen MR) is 117 cm³/mol. The zero-order chi connectivity index (χ0) is 21.8. The molecule has 8 heteroatoms. The average Bonchev–Trinajstić information content (AvgIpc) is 3.29. The van der Waals surface area contributed by atoms with Crippen molar-refractivity contribution in [3.8, 4) is 0 Å². The highest BCUT2D eigenvalue weighted by atomic mass is 16.2. The molecule has 4 heterocycles. The van der Waals surface area contributed by atoms with Crippen molar-refractivity contribution in [1.82, 2.24) is 25.2 Å². The third-order valence-corrected chi connectivity index (χ3v) is 6.35. The van der Waals surface area contributed by atoms with Gasteiger partial charge in [-0.1, -0.05) is 13.0 Å². The molecule has 2 aliphatic rings. The summed E-state index contributed by atoms with van der Waals surface area (Å²) in [5, 5.41) is 2.96. The van der Waals surface area contributed by atoms with Gasteiger partial charge in [0.2, 0.25) is 11.9 Å². The molecule has 8 nitrogen and oxygen atoms in total. The van der Waals surface area contributed by atoms with E-state index >= 15 is 0 Å². The Morgan fingerprint density at radius 3 is 2.55 bits per heavy atom. The number of likely N-dealkylation sites (tertiary alicyclic amines) is 1. The number of amides is 2. The van der Waals surface area contributed by atoms with Crippen LogP contribution in [0.5, 0.6) is 0 Å². The zero-order valence-electron chi connectivity index (χ0n) is 18.3. The molecule has 2 amide bonds. The first-order valence-electron chi connectivity index (χ1n) is 11.1. The maximum absolute atomic E-state index is 12.9. The Bertz CT molecular complexity index is 924. The van der Waals surface area contributed by atoms with Gasteiger partial charge < -0.3 is 15.1 Å². The SMILES string of the molecule is Cc1cccnc1CNC(=O)C1CCN(C(=O)c2cnc(N3CCC(C)CC3)nc2)C1. The van der Waals surface area contributed by atoms with Gasteiger partial charge in [0.25, 0.3) is 5.91 Å². The van der Waals surface area contributed by atoms with E-state index in [1.165, 1.54) is 0 Å². The summed E-state index contributed by atoms with van der Waals surface area (Å²) in [6.07, 6.45) is 7.88. The lowest BCUT2D eigenvalue weighted by molar-refractivity contribution is -0.124. The summed E-state index contributed by atoms with van der Waals surface area (Å²) in [7, 11) is 0. The number of rotatable bonds is 5. The van der Waals surface area contributed by atoms with E-state index in [9.17, 15) is 9.59 Å². The molecule has 0 saturated carbocycles. The molecule has 2 fully saturated rings. The first-order chi connectivity index (χ1) is 15.0. The number of aromatic nitrogens is 3. The van der Waals surface area contributed by atoms with Gasteiger partial charge in [-0.2, -0.15) is 0 Å². The van der Waals surface area contributed by atoms with E-state index in [-0.39, 0.29) is 17.7 Å². The highest BCUT2D eigenvalue weighted by Crippen LogP contribution is 2.21. The summed E-state index contributed by atoms with van der Waals surface area (Å²) in [4.78, 5) is 42.5. The fraction of sp³-hybridized carbons (Fsp3) is 0.522. The molecular weight excluding hydrogens is 392 g/mol. The van der Waals surface area contributed by atoms with Gasteiger partial charge in [-0.25, -0.2) is 9.97 Å². The number of pyridine rings is 1. The second-order valence-corrected chi connectivity index (χ2v) is 8.66. The Kier molecular flexibility index (Phi) is 6.44. The number of nitrogens with one attached hydrogen (secondary N) is 1. The molecule has 0 radical (unpaired) electrons. The number of hydrogen-bond acceptors (Lipinski definition) is 6. The lowest BCUT2D eigenvalue weighted by Crippen LogP contribution is -2.35. The fourth-order valence-corrected chi connectivity index (χ4v) is 4.16. The summed E-state index contributed by atoms with van der Waals surface area (Å²) in [5.74, 6) is 1.07. The topological polar surface area (TPSA) is 91.3 Å². The van der Waals surface area contributed by atoms with Crippen LogP contribution < -0.4 is 10.2 Å². The van der Waals surface area contributed by atoms with E-state index < -0.39 is 0 Å². The van der Waals surface area contributed by atoms with E-state index in [0.29, 0.717) is 37.6 Å². The fourth-order valence-electron chi connectivity index (χ4n) is 4.16. The third kappa shape index (κ3) is 5.00. The molecule has 0 aliphatic carbocycles. The molecule has 31 heavy (non-hydrogen) atoms. The zero-order valence-corrected chi connectivity index (χ0v) is 18.3. The van der Waals surface area contributed by atoms with Crippen molar-refractivity contribution in [1.29, 1.82) is 0 Å². The van der Waals surface area contributed by atoms with Crippen LogP contribution in [0, 0.1) is 18.8 Å². The van der Waals surface area contributed by atoms with E-state index in [1.807, 2.05) is 19.1 Å². The van der Waals surface area contributed by atoms with E-state index in [4.69, 9.17) is 0 Å². The van der Waals surface area contributed by atoms with Crippen molar-refractivity contribution in [3.63, 3.8) is 0 Å². The molecule has 164 valence electrons. The molecular formula is C23H30N6O2. The number of aryl methyl sites for hydroxylation is 1. The monoisotopic (exact) mass is 422 g/mol. The molecule has 4 rings (SSSR count). The maximum Gasteiger partial charge on any atom is 0.257 e. The number of carbonyl (C=O) groups excluding carboxylic acids is 2. The molecule has 2 aromatic heterocycles. The molecule has 1 N–H and O–H groups in total. The van der Waals surface area contributed by atoms with E-state index in [0.717, 1.165) is 43.1 Å². The van der Waals surface area contributed by atoms with Gasteiger partial charge in [-0.3, -0.25) is 14.6 Å². The normalized spacial score (nSPS) is 19.5. The molecule has 2 aliphatic heterocycles. The first-order valence-corrected chi connectivity index (χ1v) is 11.1. The molecule has 0 spiro atoms. The van der Waals surface area contributed by atoms with Crippen LogP contribution >= 0.6 is 0 Å². The molecule has 2 aromatic rings. The van der Waals surface area contributed by atoms with Crippen LogP contribution in [-0.4, -0.2) is 57.8 Å². The molecule has 2 saturated heterocycles. The minimum absolute atomic E-state index is 0.0359. The Morgan fingerprint density at radius 2 is 1.84 bits per heavy atom. The Morgan fingerprint density at radius 1 is 1.10 bits per heavy atom. The van der Waals surface area contributed by atoms with Crippen LogP contribution in [0.2, 0.25) is 0 Å². The van der Waals surface area contributed by atoms with E-state index in [2.05, 4.69) is 32.1 Å². The second-order valence-electron chi connectivity index (χ2n) is 8.66. The van der Waals surface area contributed by atoms with Gasteiger partial charge in [0.15, 0.2) is 0 Å². The number of carbonyl (C=O) groups is 2. The van der Waals surface area contributed by atoms with Crippen molar-refractivity contribution in [2.24, 2.45) is 11.8 Å². The van der Waals surface area contributed by atoms with Gasteiger partial charge in [0, 0.05) is 44.8 Å². The number of anilines is 1. The standard InChI is InChI=1S/C23H30N6O2/c1-16-5-9-28(10-6-16)23-26-12-19(13-27-23)22(31)29-11-7-18(15-29)21(30)25-14-20-17(2)4-3-8-24-20/h3-4,8,12-13,16,18H,5-7,9-11,14-15H2,1-2H3,(H,25,30). The van der Waals surface area contributed by atoms with Crippen LogP contribution in [0.25, 0.3) is 0 Å². The van der Waals surface area contributed by atoms with Gasteiger partial charge in [0.1, 0.15) is 0 Å². The summed E-state index contributed by atoms with van der Waals surface area (Å²) < 4.78 is 0. The van der Waals surface area contributed by atoms with Crippen molar-refractivity contribution in [3.05, 3.63) is 47.5 Å². The lowest BCUT2D eigenvalue weighted by atomic mass is 10.00. The number of nitrogens with zero attached hydrogens (tertiary/aromatic N) is 5. The average molecular weight is 423 g/mol. The van der Waals surface area contributed by atoms with Crippen molar-refractivity contribution >= 4 is 17.8 Å². The minimum atomic E-state index is -0.205. The highest BCUT2D eigenvalue weighted by Gasteiger charge is 2.32. The van der Waals surface area contributed by atoms with Crippen LogP contribution in [-0.2, 0) is 11.3 Å². The molecule has 0 bridgehead atoms. The van der Waals surface area contributed by atoms with Gasteiger partial charge in [-0.15, -0.1) is 0 Å². The summed E-state index contributed by atoms with van der Waals surface area (Å²) in [5.41, 5.74) is 2.38. The quantitative estimate of drug-likeness (QED) is 0.794. The van der Waals surface area contributed by atoms with Crippen LogP contribution in [0.4, 0.5) is 5.95 Å². The Hall–Kier alpha value is -3.03. The minimum Gasteiger partial charge on any atom is -0.350 e. The third-order valence-electron chi connectivity index (χ3n) is 6.35. The second kappa shape index (κ2) is 9.41. The summed E-state index contributed by atoms with van der Waals surface area (Å²) in [6.45, 7) is 7.53. The predicted octanol–water partition coefficient (Wildman–Crippen LogP) is 2.19. The summed E-state index contributed by atoms with van der Waals surface area (Å²) >= 11 is 0. The van der Waals surface area contributed by atoms with Crippen LogP contribution in [0.1, 0.15) is 47.8 Å². The Balaban J connectivity index is 1.30. The van der Waals surface area contributed by atoms with Crippen LogP contribution in [0.15, 0.2) is 30.7 Å². The van der Waals surface area contributed by atoms with E-state index in [1.54, 1.807) is 23.5 Å². The van der Waals surface area contributed by atoms with Gasteiger partial charge >= 0.3 is 0 Å². The smallest absolute Gasteiger partial charge is 0.257 e. The first kappa shape index (κ1) is 21.2. The lowest BCUT2D eigenvalue weighted by Gasteiger charge is -2.30. The maximum atomic E-state index is 12.9. The van der Waals surface area contributed by atoms with Gasteiger partial charge in [-0.05, 0) is 43.7 Å². The van der Waals surface area contributed by atoms with Crippen LogP contribution in [0.3, 0.4) is 0 Å². The summed E-state index contributed by atoms with van der Waals surface area (Å²) in [6, 6.07) is 3.86. The van der Waals surface area contributed by atoms with Crippen molar-refractivity contribution < 1.29 is 9.59 Å². The largest absolute Gasteiger partial charge is 0.350 e. The highest BCUT2D eigenvalue weighted by molar-refractivity contribution is 5.94. The van der Waals surface area contributed by atoms with Gasteiger partial charge in [0.05, 0.1) is 23.7 Å². The molecule has 1 atom stereocenters. The molecule has 0 aromatic carbocycles. The Labute approximate surface area is 183 Å². The van der Waals surface area contributed by atoms with Crippen molar-refractivity contribution in [2.45, 2.75) is 39.7 Å². The number of hydrogen-bond donors (Lipinski definition) is 1. The van der Waals surface area contributed by atoms with Crippen molar-refractivity contribution in [2.75, 3.05) is 31.1 Å². The molecule has 1 unspecified atom stereocenters.